The molecule has 6 rings (SSSR count). The Bertz CT molecular complexity index is 1440. The summed E-state index contributed by atoms with van der Waals surface area (Å²) >= 11 is 0. The van der Waals surface area contributed by atoms with Crippen LogP contribution in [0.15, 0.2) is 95.6 Å². The predicted molar refractivity (Wildman–Crippen MR) is 136 cm³/mol. The average Bonchev–Trinajstić information content (AvgIpc) is 3.43. The first-order valence-corrected chi connectivity index (χ1v) is 12.2. The molecule has 1 fully saturated rings. The highest BCUT2D eigenvalue weighted by Gasteiger charge is 2.30. The smallest absolute Gasteiger partial charge is 0.274 e. The Morgan fingerprint density at radius 3 is 2.08 bits per heavy atom. The molecule has 0 N–H and O–H groups in total. The second-order valence-electron chi connectivity index (χ2n) is 9.06. The molecule has 0 bridgehead atoms. The van der Waals surface area contributed by atoms with Crippen molar-refractivity contribution in [3.63, 3.8) is 0 Å². The SMILES string of the molecule is O=C(c1cnc2ccccc2n1)N1CCC(c2nc(C(c3ccccc3)c3ccccc3)no2)CC1. The molecule has 3 heterocycles. The summed E-state index contributed by atoms with van der Waals surface area (Å²) in [6.07, 6.45) is 3.08. The van der Waals surface area contributed by atoms with Crippen LogP contribution in [0.1, 0.15) is 58.0 Å². The molecule has 7 heteroatoms. The fourth-order valence-electron chi connectivity index (χ4n) is 4.86. The standard InChI is InChI=1S/C29H25N5O2/c35-29(25-19-30-23-13-7-8-14-24(23)31-25)34-17-15-22(16-18-34)28-32-27(33-36-28)26(20-9-3-1-4-10-20)21-11-5-2-6-12-21/h1-14,19,22,26H,15-18H2. The number of fused-ring (bicyclic) bond motifs is 1. The zero-order chi connectivity index (χ0) is 24.3. The number of amides is 1. The number of rotatable bonds is 5. The topological polar surface area (TPSA) is 85.0 Å². The molecule has 5 aromatic rings. The molecule has 0 unspecified atom stereocenters. The van der Waals surface area contributed by atoms with Gasteiger partial charge in [0.2, 0.25) is 5.89 Å². The van der Waals surface area contributed by atoms with Gasteiger partial charge < -0.3 is 9.42 Å². The number of carbonyl (C=O) groups is 1. The van der Waals surface area contributed by atoms with Gasteiger partial charge >= 0.3 is 0 Å². The van der Waals surface area contributed by atoms with Gasteiger partial charge in [0.25, 0.3) is 5.91 Å². The van der Waals surface area contributed by atoms with Crippen LogP contribution in [0.5, 0.6) is 0 Å². The van der Waals surface area contributed by atoms with E-state index in [9.17, 15) is 4.79 Å². The van der Waals surface area contributed by atoms with Crippen molar-refractivity contribution in [2.24, 2.45) is 0 Å². The molecular formula is C29H25N5O2. The van der Waals surface area contributed by atoms with Crippen molar-refractivity contribution in [3.05, 3.63) is 120 Å². The first-order chi connectivity index (χ1) is 17.8. The molecule has 1 saturated heterocycles. The van der Waals surface area contributed by atoms with Crippen LogP contribution in [-0.2, 0) is 0 Å². The van der Waals surface area contributed by atoms with Crippen molar-refractivity contribution in [1.82, 2.24) is 25.0 Å². The van der Waals surface area contributed by atoms with E-state index in [1.165, 1.54) is 0 Å². The number of aromatic nitrogens is 4. The zero-order valence-electron chi connectivity index (χ0n) is 19.7. The Morgan fingerprint density at radius 2 is 1.42 bits per heavy atom. The van der Waals surface area contributed by atoms with Crippen LogP contribution in [0, 0.1) is 0 Å². The summed E-state index contributed by atoms with van der Waals surface area (Å²) in [5.41, 5.74) is 4.12. The Morgan fingerprint density at radius 1 is 0.806 bits per heavy atom. The molecular weight excluding hydrogens is 450 g/mol. The second kappa shape index (κ2) is 9.70. The molecule has 1 amide bonds. The first kappa shape index (κ1) is 22.1. The van der Waals surface area contributed by atoms with Gasteiger partial charge in [0.05, 0.1) is 23.1 Å². The van der Waals surface area contributed by atoms with E-state index < -0.39 is 0 Å². The number of carbonyl (C=O) groups excluding carboxylic acids is 1. The van der Waals surface area contributed by atoms with Crippen molar-refractivity contribution in [3.8, 4) is 0 Å². The number of para-hydroxylation sites is 2. The largest absolute Gasteiger partial charge is 0.339 e. The summed E-state index contributed by atoms with van der Waals surface area (Å²) in [4.78, 5) is 28.6. The number of nitrogens with zero attached hydrogens (tertiary/aromatic N) is 5. The fourth-order valence-corrected chi connectivity index (χ4v) is 4.86. The molecule has 2 aromatic heterocycles. The van der Waals surface area contributed by atoms with Gasteiger partial charge in [-0.3, -0.25) is 9.78 Å². The minimum Gasteiger partial charge on any atom is -0.339 e. The van der Waals surface area contributed by atoms with Gasteiger partial charge in [0.15, 0.2) is 5.82 Å². The quantitative estimate of drug-likeness (QED) is 0.347. The third-order valence-corrected chi connectivity index (χ3v) is 6.78. The minimum atomic E-state index is -0.0990. The summed E-state index contributed by atoms with van der Waals surface area (Å²) in [7, 11) is 0. The number of benzene rings is 3. The Hall–Kier alpha value is -4.39. The first-order valence-electron chi connectivity index (χ1n) is 12.2. The third-order valence-electron chi connectivity index (χ3n) is 6.78. The maximum Gasteiger partial charge on any atom is 0.274 e. The highest BCUT2D eigenvalue weighted by molar-refractivity contribution is 5.93. The van der Waals surface area contributed by atoms with Crippen LogP contribution >= 0.6 is 0 Å². The molecule has 36 heavy (non-hydrogen) atoms. The summed E-state index contributed by atoms with van der Waals surface area (Å²) in [6, 6.07) is 28.1. The van der Waals surface area contributed by atoms with E-state index in [4.69, 9.17) is 9.51 Å². The van der Waals surface area contributed by atoms with Crippen molar-refractivity contribution in [2.45, 2.75) is 24.7 Å². The van der Waals surface area contributed by atoms with Crippen LogP contribution in [0.3, 0.4) is 0 Å². The Kier molecular flexibility index (Phi) is 5.95. The summed E-state index contributed by atoms with van der Waals surface area (Å²) < 4.78 is 5.77. The molecule has 0 saturated carbocycles. The number of hydrogen-bond donors (Lipinski definition) is 0. The highest BCUT2D eigenvalue weighted by atomic mass is 16.5. The van der Waals surface area contributed by atoms with Crippen LogP contribution < -0.4 is 0 Å². The monoisotopic (exact) mass is 475 g/mol. The van der Waals surface area contributed by atoms with E-state index in [0.29, 0.717) is 30.5 Å². The summed E-state index contributed by atoms with van der Waals surface area (Å²) in [6.45, 7) is 1.22. The maximum atomic E-state index is 13.1. The fraction of sp³-hybridized carbons (Fsp3) is 0.207. The lowest BCUT2D eigenvalue weighted by molar-refractivity contribution is 0.0698. The molecule has 7 nitrogen and oxygen atoms in total. The van der Waals surface area contributed by atoms with Gasteiger partial charge in [-0.15, -0.1) is 0 Å². The van der Waals surface area contributed by atoms with E-state index in [1.807, 2.05) is 65.6 Å². The van der Waals surface area contributed by atoms with E-state index in [2.05, 4.69) is 39.4 Å². The average molecular weight is 476 g/mol. The van der Waals surface area contributed by atoms with Gasteiger partial charge in [-0.05, 0) is 36.1 Å². The van der Waals surface area contributed by atoms with Crippen LogP contribution in [0.2, 0.25) is 0 Å². The van der Waals surface area contributed by atoms with E-state index in [-0.39, 0.29) is 17.7 Å². The molecule has 0 spiro atoms. The molecule has 3 aromatic carbocycles. The van der Waals surface area contributed by atoms with Gasteiger partial charge in [-0.25, -0.2) is 4.98 Å². The maximum absolute atomic E-state index is 13.1. The van der Waals surface area contributed by atoms with Crippen LogP contribution in [0.25, 0.3) is 11.0 Å². The van der Waals surface area contributed by atoms with Crippen molar-refractivity contribution < 1.29 is 9.32 Å². The molecule has 0 aliphatic carbocycles. The number of likely N-dealkylation sites (tertiary alicyclic amines) is 1. The van der Waals surface area contributed by atoms with E-state index in [1.54, 1.807) is 6.20 Å². The molecule has 178 valence electrons. The lowest BCUT2D eigenvalue weighted by Crippen LogP contribution is -2.38. The Labute approximate surface area is 208 Å². The molecule has 1 aliphatic heterocycles. The van der Waals surface area contributed by atoms with Crippen molar-refractivity contribution in [1.29, 1.82) is 0 Å². The number of hydrogen-bond acceptors (Lipinski definition) is 6. The summed E-state index contributed by atoms with van der Waals surface area (Å²) in [5.74, 6) is 1.22. The molecule has 0 radical (unpaired) electrons. The minimum absolute atomic E-state index is 0.0915. The second-order valence-corrected chi connectivity index (χ2v) is 9.06. The van der Waals surface area contributed by atoms with Gasteiger partial charge in [0, 0.05) is 19.0 Å². The van der Waals surface area contributed by atoms with Gasteiger partial charge in [-0.2, -0.15) is 4.98 Å². The van der Waals surface area contributed by atoms with Crippen LogP contribution in [0.4, 0.5) is 0 Å². The summed E-state index contributed by atoms with van der Waals surface area (Å²) in [5, 5.41) is 4.39. The van der Waals surface area contributed by atoms with Crippen LogP contribution in [-0.4, -0.2) is 44.0 Å². The third kappa shape index (κ3) is 4.35. The Balaban J connectivity index is 1.17. The number of piperidine rings is 1. The predicted octanol–water partition coefficient (Wildman–Crippen LogP) is 5.21. The van der Waals surface area contributed by atoms with E-state index >= 15 is 0 Å². The van der Waals surface area contributed by atoms with Crippen molar-refractivity contribution in [2.75, 3.05) is 13.1 Å². The highest BCUT2D eigenvalue weighted by Crippen LogP contribution is 2.33. The lowest BCUT2D eigenvalue weighted by Gasteiger charge is -2.30. The zero-order valence-corrected chi connectivity index (χ0v) is 19.7. The molecule has 0 atom stereocenters. The van der Waals surface area contributed by atoms with Gasteiger partial charge in [-0.1, -0.05) is 78.0 Å². The lowest BCUT2D eigenvalue weighted by atomic mass is 9.90. The molecule has 1 aliphatic rings. The van der Waals surface area contributed by atoms with E-state index in [0.717, 1.165) is 35.0 Å². The van der Waals surface area contributed by atoms with Gasteiger partial charge in [0.1, 0.15) is 5.69 Å². The van der Waals surface area contributed by atoms with Crippen molar-refractivity contribution >= 4 is 16.9 Å². The normalized spacial score (nSPS) is 14.4.